The van der Waals surface area contributed by atoms with Crippen LogP contribution in [0.5, 0.6) is 0 Å². The van der Waals surface area contributed by atoms with Gasteiger partial charge in [-0.05, 0) is 17.5 Å². The molecule has 0 saturated carbocycles. The fourth-order valence-corrected chi connectivity index (χ4v) is 2.07. The lowest BCUT2D eigenvalue weighted by Crippen LogP contribution is -2.26. The Morgan fingerprint density at radius 3 is 2.00 bits per heavy atom. The minimum atomic E-state index is -0.128. The normalized spacial score (nSPS) is 12.7. The average Bonchev–Trinajstić information content (AvgIpc) is 2.48. The molecule has 1 unspecified atom stereocenters. The van der Waals surface area contributed by atoms with E-state index in [2.05, 4.69) is 22.1 Å². The molecular formula is C16H19N5. The van der Waals surface area contributed by atoms with Gasteiger partial charge in [0, 0.05) is 0 Å². The van der Waals surface area contributed by atoms with Crippen molar-refractivity contribution in [3.8, 4) is 0 Å². The third-order valence-corrected chi connectivity index (χ3v) is 2.99. The maximum absolute atomic E-state index is 5.77. The van der Waals surface area contributed by atoms with Crippen molar-refractivity contribution in [2.45, 2.75) is 12.5 Å². The lowest BCUT2D eigenvalue weighted by molar-refractivity contribution is 0.722. The van der Waals surface area contributed by atoms with E-state index >= 15 is 0 Å². The summed E-state index contributed by atoms with van der Waals surface area (Å²) in [6.07, 6.45) is 0.728. The molecule has 0 fully saturated rings. The SMILES string of the molecule is NC(N)=NC(N)=NC(Cc1ccccc1)c1ccccc1. The van der Waals surface area contributed by atoms with Crippen LogP contribution >= 0.6 is 0 Å². The van der Waals surface area contributed by atoms with Crippen LogP contribution in [0, 0.1) is 0 Å². The molecule has 0 aliphatic carbocycles. The summed E-state index contributed by atoms with van der Waals surface area (Å²) in [5.74, 6) is -0.0115. The average molecular weight is 281 g/mol. The minimum Gasteiger partial charge on any atom is -0.370 e. The van der Waals surface area contributed by atoms with Crippen molar-refractivity contribution in [2.75, 3.05) is 0 Å². The first-order chi connectivity index (χ1) is 10.1. The van der Waals surface area contributed by atoms with Crippen LogP contribution < -0.4 is 17.2 Å². The zero-order chi connectivity index (χ0) is 15.1. The molecule has 6 N–H and O–H groups in total. The molecule has 0 aliphatic heterocycles. The van der Waals surface area contributed by atoms with Crippen molar-refractivity contribution in [1.82, 2.24) is 0 Å². The first kappa shape index (κ1) is 14.6. The summed E-state index contributed by atoms with van der Waals surface area (Å²) in [4.78, 5) is 8.21. The summed E-state index contributed by atoms with van der Waals surface area (Å²) >= 11 is 0. The molecule has 0 radical (unpaired) electrons. The zero-order valence-electron chi connectivity index (χ0n) is 11.7. The highest BCUT2D eigenvalue weighted by molar-refractivity contribution is 5.92. The molecule has 2 aromatic rings. The molecule has 0 amide bonds. The lowest BCUT2D eigenvalue weighted by Gasteiger charge is -2.13. The van der Waals surface area contributed by atoms with Crippen molar-refractivity contribution in [3.05, 3.63) is 71.8 Å². The third kappa shape index (κ3) is 4.65. The second-order valence-corrected chi connectivity index (χ2v) is 4.64. The Balaban J connectivity index is 2.29. The summed E-state index contributed by atoms with van der Waals surface area (Å²) in [5, 5.41) is 0. The summed E-state index contributed by atoms with van der Waals surface area (Å²) in [6.45, 7) is 0. The molecule has 108 valence electrons. The Kier molecular flexibility index (Phi) is 4.93. The van der Waals surface area contributed by atoms with E-state index in [0.717, 1.165) is 12.0 Å². The van der Waals surface area contributed by atoms with Gasteiger partial charge in [0.05, 0.1) is 6.04 Å². The Hall–Kier alpha value is -2.82. The molecule has 0 heterocycles. The maximum Gasteiger partial charge on any atom is 0.219 e. The number of hydrogen-bond donors (Lipinski definition) is 3. The number of nitrogens with zero attached hydrogens (tertiary/aromatic N) is 2. The second-order valence-electron chi connectivity index (χ2n) is 4.64. The molecule has 5 heteroatoms. The molecule has 0 aliphatic rings. The highest BCUT2D eigenvalue weighted by atomic mass is 15.1. The monoisotopic (exact) mass is 281 g/mol. The largest absolute Gasteiger partial charge is 0.370 e. The van der Waals surface area contributed by atoms with Gasteiger partial charge in [-0.15, -0.1) is 0 Å². The first-order valence-corrected chi connectivity index (χ1v) is 6.67. The predicted octanol–water partition coefficient (Wildman–Crippen LogP) is 1.56. The summed E-state index contributed by atoms with van der Waals surface area (Å²) in [6, 6.07) is 19.9. The van der Waals surface area contributed by atoms with Gasteiger partial charge in [-0.2, -0.15) is 4.99 Å². The zero-order valence-corrected chi connectivity index (χ0v) is 11.7. The molecule has 5 nitrogen and oxygen atoms in total. The second kappa shape index (κ2) is 7.09. The molecule has 2 rings (SSSR count). The van der Waals surface area contributed by atoms with Gasteiger partial charge in [0.1, 0.15) is 0 Å². The fraction of sp³-hybridized carbons (Fsp3) is 0.125. The van der Waals surface area contributed by atoms with Gasteiger partial charge in [-0.25, -0.2) is 4.99 Å². The quantitative estimate of drug-likeness (QED) is 0.585. The van der Waals surface area contributed by atoms with E-state index in [1.54, 1.807) is 0 Å². The summed E-state index contributed by atoms with van der Waals surface area (Å²) in [7, 11) is 0. The third-order valence-electron chi connectivity index (χ3n) is 2.99. The Morgan fingerprint density at radius 1 is 0.857 bits per heavy atom. The van der Waals surface area contributed by atoms with Gasteiger partial charge in [-0.3, -0.25) is 0 Å². The van der Waals surface area contributed by atoms with Crippen LogP contribution in [0.15, 0.2) is 70.6 Å². The van der Waals surface area contributed by atoms with Crippen molar-refractivity contribution in [3.63, 3.8) is 0 Å². The Bertz CT molecular complexity index is 616. The van der Waals surface area contributed by atoms with Gasteiger partial charge >= 0.3 is 0 Å². The fourth-order valence-electron chi connectivity index (χ4n) is 2.07. The topological polar surface area (TPSA) is 103 Å². The molecule has 21 heavy (non-hydrogen) atoms. The van der Waals surface area contributed by atoms with E-state index in [9.17, 15) is 0 Å². The van der Waals surface area contributed by atoms with E-state index in [-0.39, 0.29) is 18.0 Å². The smallest absolute Gasteiger partial charge is 0.219 e. The van der Waals surface area contributed by atoms with Crippen LogP contribution in [-0.4, -0.2) is 11.9 Å². The maximum atomic E-state index is 5.77. The van der Waals surface area contributed by atoms with E-state index < -0.39 is 0 Å². The van der Waals surface area contributed by atoms with E-state index in [4.69, 9.17) is 17.2 Å². The molecule has 0 saturated heterocycles. The number of benzene rings is 2. The molecule has 2 aromatic carbocycles. The van der Waals surface area contributed by atoms with Crippen LogP contribution in [0.2, 0.25) is 0 Å². The van der Waals surface area contributed by atoms with Crippen LogP contribution in [0.4, 0.5) is 0 Å². The number of nitrogens with two attached hydrogens (primary N) is 3. The van der Waals surface area contributed by atoms with Crippen LogP contribution in [0.1, 0.15) is 17.2 Å². The minimum absolute atomic E-state index is 0.0831. The van der Waals surface area contributed by atoms with E-state index in [0.29, 0.717) is 0 Å². The predicted molar refractivity (Wildman–Crippen MR) is 86.8 cm³/mol. The van der Waals surface area contributed by atoms with Crippen molar-refractivity contribution < 1.29 is 0 Å². The van der Waals surface area contributed by atoms with Gasteiger partial charge in [0.15, 0.2) is 5.96 Å². The molecule has 1 atom stereocenters. The number of hydrogen-bond acceptors (Lipinski definition) is 1. The van der Waals surface area contributed by atoms with Crippen molar-refractivity contribution >= 4 is 11.9 Å². The van der Waals surface area contributed by atoms with Crippen molar-refractivity contribution in [1.29, 1.82) is 0 Å². The standard InChI is InChI=1S/C16H19N5/c17-15(18)21-16(19)20-14(13-9-5-2-6-10-13)11-12-7-3-1-4-8-12/h1-10,14H,11H2,(H6,17,18,19,20,21). The van der Waals surface area contributed by atoms with E-state index in [1.165, 1.54) is 5.56 Å². The highest BCUT2D eigenvalue weighted by Gasteiger charge is 2.11. The number of guanidine groups is 2. The van der Waals surface area contributed by atoms with Gasteiger partial charge < -0.3 is 17.2 Å². The van der Waals surface area contributed by atoms with E-state index in [1.807, 2.05) is 48.5 Å². The summed E-state index contributed by atoms with van der Waals surface area (Å²) in [5.41, 5.74) is 18.7. The Labute approximate surface area is 124 Å². The molecule has 0 aromatic heterocycles. The summed E-state index contributed by atoms with van der Waals surface area (Å²) < 4.78 is 0. The van der Waals surface area contributed by atoms with Crippen LogP contribution in [0.25, 0.3) is 0 Å². The van der Waals surface area contributed by atoms with Crippen molar-refractivity contribution in [2.24, 2.45) is 27.2 Å². The molecular weight excluding hydrogens is 262 g/mol. The number of rotatable bonds is 4. The highest BCUT2D eigenvalue weighted by Crippen LogP contribution is 2.22. The first-order valence-electron chi connectivity index (χ1n) is 6.67. The van der Waals surface area contributed by atoms with Gasteiger partial charge in [0.25, 0.3) is 0 Å². The number of aliphatic imine (C=N–C) groups is 2. The lowest BCUT2D eigenvalue weighted by atomic mass is 9.99. The van der Waals surface area contributed by atoms with Gasteiger partial charge in [0.2, 0.25) is 5.96 Å². The molecule has 0 bridgehead atoms. The Morgan fingerprint density at radius 2 is 1.43 bits per heavy atom. The van der Waals surface area contributed by atoms with Gasteiger partial charge in [-0.1, -0.05) is 60.7 Å². The molecule has 0 spiro atoms. The van der Waals surface area contributed by atoms with Crippen LogP contribution in [0.3, 0.4) is 0 Å². The van der Waals surface area contributed by atoms with Crippen LogP contribution in [-0.2, 0) is 6.42 Å².